The van der Waals surface area contributed by atoms with Crippen LogP contribution in [-0.2, 0) is 17.4 Å². The number of hydrogen-bond donors (Lipinski definition) is 2. The quantitative estimate of drug-likeness (QED) is 0.282. The van der Waals surface area contributed by atoms with E-state index in [1.54, 1.807) is 18.3 Å². The highest BCUT2D eigenvalue weighted by Gasteiger charge is 2.18. The highest BCUT2D eigenvalue weighted by atomic mass is 35.5. The number of nitrogens with one attached hydrogen (secondary N) is 2. The van der Waals surface area contributed by atoms with E-state index in [9.17, 15) is 13.8 Å². The number of aryl methyl sites for hydroxylation is 1. The standard InChI is InChI=1S/C31H21ClN4O3S/c32-25-7-3-6-23(18-9-11-26-19(14-18)12-13-40(39)35-26)29(25)20-8-10-24-27(15-20)34-31(38)36(30(24)37)28-17-33-16-21-4-1-2-5-22(21)28/h1-11,14-17,35H,12-13H2,(H,34,38). The van der Waals surface area contributed by atoms with Crippen molar-refractivity contribution in [3.05, 3.63) is 123 Å². The number of pyridine rings is 1. The molecule has 0 spiro atoms. The predicted molar refractivity (Wildman–Crippen MR) is 162 cm³/mol. The van der Waals surface area contributed by atoms with Crippen molar-refractivity contribution >= 4 is 49.9 Å². The number of hydrogen-bond acceptors (Lipinski definition) is 4. The first kappa shape index (κ1) is 24.5. The number of aromatic nitrogens is 3. The molecule has 9 heteroatoms. The molecule has 7 rings (SSSR count). The highest BCUT2D eigenvalue weighted by molar-refractivity contribution is 7.86. The molecule has 0 amide bonds. The first-order valence-electron chi connectivity index (χ1n) is 12.7. The van der Waals surface area contributed by atoms with Gasteiger partial charge in [0.2, 0.25) is 0 Å². The minimum Gasteiger partial charge on any atom is -0.306 e. The zero-order chi connectivity index (χ0) is 27.4. The third-order valence-corrected chi connectivity index (χ3v) is 8.62. The van der Waals surface area contributed by atoms with E-state index in [2.05, 4.69) is 20.8 Å². The number of nitrogens with zero attached hydrogens (tertiary/aromatic N) is 2. The molecule has 40 heavy (non-hydrogen) atoms. The summed E-state index contributed by atoms with van der Waals surface area (Å²) in [5, 5.41) is 2.51. The number of fused-ring (bicyclic) bond motifs is 3. The van der Waals surface area contributed by atoms with E-state index in [1.165, 1.54) is 6.20 Å². The molecule has 0 saturated carbocycles. The smallest absolute Gasteiger partial charge is 0.306 e. The Hall–Kier alpha value is -4.53. The lowest BCUT2D eigenvalue weighted by Crippen LogP contribution is -2.33. The van der Waals surface area contributed by atoms with Crippen molar-refractivity contribution in [3.8, 4) is 27.9 Å². The first-order valence-corrected chi connectivity index (χ1v) is 14.4. The van der Waals surface area contributed by atoms with Crippen LogP contribution < -0.4 is 16.0 Å². The molecule has 0 radical (unpaired) electrons. The van der Waals surface area contributed by atoms with Gasteiger partial charge in [-0.25, -0.2) is 13.6 Å². The summed E-state index contributed by atoms with van der Waals surface area (Å²) in [6.45, 7) is 0. The summed E-state index contributed by atoms with van der Waals surface area (Å²) in [5.41, 5.74) is 5.28. The van der Waals surface area contributed by atoms with Gasteiger partial charge in [0.15, 0.2) is 0 Å². The van der Waals surface area contributed by atoms with Gasteiger partial charge in [-0.2, -0.15) is 0 Å². The van der Waals surface area contributed by atoms with E-state index in [-0.39, 0.29) is 0 Å². The van der Waals surface area contributed by atoms with Crippen LogP contribution in [0.4, 0.5) is 5.69 Å². The second-order valence-electron chi connectivity index (χ2n) is 9.65. The molecule has 1 unspecified atom stereocenters. The molecule has 196 valence electrons. The van der Waals surface area contributed by atoms with Gasteiger partial charge < -0.3 is 9.71 Å². The molecular weight excluding hydrogens is 544 g/mol. The zero-order valence-corrected chi connectivity index (χ0v) is 22.6. The molecule has 4 aromatic carbocycles. The fourth-order valence-electron chi connectivity index (χ4n) is 5.37. The topological polar surface area (TPSA) is 96.9 Å². The van der Waals surface area contributed by atoms with Gasteiger partial charge in [0.05, 0.1) is 22.8 Å². The van der Waals surface area contributed by atoms with Gasteiger partial charge in [-0.05, 0) is 59.0 Å². The van der Waals surface area contributed by atoms with Crippen LogP contribution in [0.3, 0.4) is 0 Å². The van der Waals surface area contributed by atoms with Crippen molar-refractivity contribution in [2.45, 2.75) is 6.42 Å². The van der Waals surface area contributed by atoms with Crippen LogP contribution in [0.5, 0.6) is 0 Å². The van der Waals surface area contributed by atoms with E-state index in [4.69, 9.17) is 11.6 Å². The molecule has 6 aromatic rings. The Morgan fingerprint density at radius 2 is 1.73 bits per heavy atom. The Bertz CT molecular complexity index is 2130. The summed E-state index contributed by atoms with van der Waals surface area (Å²) in [6.07, 6.45) is 3.95. The summed E-state index contributed by atoms with van der Waals surface area (Å²) < 4.78 is 16.1. The van der Waals surface area contributed by atoms with E-state index >= 15 is 0 Å². The molecule has 0 fully saturated rings. The Morgan fingerprint density at radius 3 is 2.62 bits per heavy atom. The first-order chi connectivity index (χ1) is 19.5. The number of H-pyrrole nitrogens is 1. The molecule has 0 saturated heterocycles. The molecule has 7 nitrogen and oxygen atoms in total. The van der Waals surface area contributed by atoms with Gasteiger partial charge in [0, 0.05) is 39.0 Å². The molecule has 2 aromatic heterocycles. The largest absolute Gasteiger partial charge is 0.333 e. The summed E-state index contributed by atoms with van der Waals surface area (Å²) in [7, 11) is -1.06. The average Bonchev–Trinajstić information content (AvgIpc) is 2.96. The number of rotatable bonds is 3. The molecule has 1 aliphatic rings. The molecule has 3 heterocycles. The molecular formula is C31H21ClN4O3S. The third kappa shape index (κ3) is 4.04. The van der Waals surface area contributed by atoms with Crippen molar-refractivity contribution in [2.24, 2.45) is 0 Å². The second kappa shape index (κ2) is 9.59. The lowest BCUT2D eigenvalue weighted by molar-refractivity contribution is 0.684. The molecule has 2 N–H and O–H groups in total. The summed E-state index contributed by atoms with van der Waals surface area (Å²) in [4.78, 5) is 34.0. The molecule has 0 aliphatic carbocycles. The number of aromatic amines is 1. The summed E-state index contributed by atoms with van der Waals surface area (Å²) in [6, 6.07) is 24.6. The second-order valence-corrected chi connectivity index (χ2v) is 11.4. The maximum Gasteiger partial charge on any atom is 0.333 e. The predicted octanol–water partition coefficient (Wildman–Crippen LogP) is 5.85. The van der Waals surface area contributed by atoms with Gasteiger partial charge in [-0.1, -0.05) is 60.1 Å². The van der Waals surface area contributed by atoms with E-state index < -0.39 is 22.2 Å². The van der Waals surface area contributed by atoms with Crippen molar-refractivity contribution < 1.29 is 4.21 Å². The van der Waals surface area contributed by atoms with Crippen LogP contribution in [0.2, 0.25) is 5.02 Å². The van der Waals surface area contributed by atoms with Gasteiger partial charge in [-0.15, -0.1) is 0 Å². The number of halogens is 1. The summed E-state index contributed by atoms with van der Waals surface area (Å²) in [5.74, 6) is 0.559. The minimum absolute atomic E-state index is 0.373. The average molecular weight is 565 g/mol. The van der Waals surface area contributed by atoms with Crippen molar-refractivity contribution in [3.63, 3.8) is 0 Å². The summed E-state index contributed by atoms with van der Waals surface area (Å²) >= 11 is 6.75. The van der Waals surface area contributed by atoms with Crippen LogP contribution in [-0.4, -0.2) is 24.5 Å². The van der Waals surface area contributed by atoms with E-state index in [0.29, 0.717) is 33.8 Å². The Balaban J connectivity index is 1.38. The van der Waals surface area contributed by atoms with Gasteiger partial charge in [-0.3, -0.25) is 9.78 Å². The van der Waals surface area contributed by atoms with Crippen molar-refractivity contribution in [2.75, 3.05) is 10.5 Å². The Morgan fingerprint density at radius 1 is 0.875 bits per heavy atom. The van der Waals surface area contributed by atoms with E-state index in [0.717, 1.165) is 48.8 Å². The highest BCUT2D eigenvalue weighted by Crippen LogP contribution is 2.39. The normalized spacial score (nSPS) is 14.7. The van der Waals surface area contributed by atoms with Crippen LogP contribution in [0.15, 0.2) is 101 Å². The monoisotopic (exact) mass is 564 g/mol. The van der Waals surface area contributed by atoms with E-state index in [1.807, 2.05) is 60.7 Å². The SMILES string of the molecule is O=c1[nH]c2cc(-c3c(Cl)cccc3-c3ccc4c(c3)CCS(=O)N4)ccc2c(=O)n1-c1cncc2ccccc12. The van der Waals surface area contributed by atoms with Gasteiger partial charge in [0.1, 0.15) is 11.0 Å². The van der Waals surface area contributed by atoms with Crippen molar-refractivity contribution in [1.29, 1.82) is 0 Å². The fraction of sp³-hybridized carbons (Fsp3) is 0.0645. The van der Waals surface area contributed by atoms with Crippen LogP contribution in [0.1, 0.15) is 5.56 Å². The molecule has 1 aliphatic heterocycles. The maximum atomic E-state index is 13.6. The van der Waals surface area contributed by atoms with Crippen molar-refractivity contribution in [1.82, 2.24) is 14.5 Å². The zero-order valence-electron chi connectivity index (χ0n) is 21.0. The van der Waals surface area contributed by atoms with Gasteiger partial charge >= 0.3 is 5.69 Å². The minimum atomic E-state index is -1.06. The van der Waals surface area contributed by atoms with Crippen LogP contribution in [0.25, 0.3) is 49.6 Å². The lowest BCUT2D eigenvalue weighted by Gasteiger charge is -2.19. The number of anilines is 1. The molecule has 1 atom stereocenters. The maximum absolute atomic E-state index is 13.6. The third-order valence-electron chi connectivity index (χ3n) is 7.28. The lowest BCUT2D eigenvalue weighted by atomic mass is 9.92. The number of benzene rings is 4. The Labute approximate surface area is 235 Å². The Kier molecular flexibility index (Phi) is 5.87. The van der Waals surface area contributed by atoms with Crippen LogP contribution >= 0.6 is 11.6 Å². The van der Waals surface area contributed by atoms with Crippen LogP contribution in [0, 0.1) is 0 Å². The molecule has 0 bridgehead atoms. The fourth-order valence-corrected chi connectivity index (χ4v) is 6.61. The van der Waals surface area contributed by atoms with Gasteiger partial charge in [0.25, 0.3) is 5.56 Å².